The van der Waals surface area contributed by atoms with Gasteiger partial charge in [0, 0.05) is 33.6 Å². The predicted octanol–water partition coefficient (Wildman–Crippen LogP) is 13.0. The van der Waals surface area contributed by atoms with E-state index in [1.165, 1.54) is 44.4 Å². The number of aromatic nitrogens is 1. The summed E-state index contributed by atoms with van der Waals surface area (Å²) >= 11 is 0. The highest BCUT2D eigenvalue weighted by Crippen LogP contribution is 2.56. The molecule has 0 atom stereocenters. The molecule has 0 fully saturated rings. The molecular formula is C53H39BN2O2. The normalized spacial score (nSPS) is 13.5. The highest BCUT2D eigenvalue weighted by atomic mass is 16.4. The van der Waals surface area contributed by atoms with Crippen molar-refractivity contribution in [1.29, 1.82) is 0 Å². The van der Waals surface area contributed by atoms with Crippen LogP contribution in [0, 0.1) is 0 Å². The van der Waals surface area contributed by atoms with Crippen molar-refractivity contribution < 1.29 is 9.07 Å². The molecule has 0 N–H and O–H groups in total. The van der Waals surface area contributed by atoms with E-state index in [4.69, 9.17) is 14.1 Å². The van der Waals surface area contributed by atoms with Crippen LogP contribution in [0.4, 0.5) is 17.1 Å². The molecule has 0 bridgehead atoms. The molecule has 4 nitrogen and oxygen atoms in total. The third-order valence-corrected chi connectivity index (χ3v) is 12.0. The van der Waals surface area contributed by atoms with E-state index in [1.54, 1.807) is 0 Å². The second-order valence-electron chi connectivity index (χ2n) is 15.9. The average Bonchev–Trinajstić information content (AvgIpc) is 3.98. The third-order valence-electron chi connectivity index (χ3n) is 12.0. The molecule has 2 aliphatic rings. The van der Waals surface area contributed by atoms with Crippen LogP contribution in [0.3, 0.4) is 0 Å². The maximum atomic E-state index is 6.96. The van der Waals surface area contributed by atoms with Crippen molar-refractivity contribution in [3.63, 3.8) is 0 Å². The van der Waals surface area contributed by atoms with Crippen LogP contribution in [0.1, 0.15) is 30.5 Å². The van der Waals surface area contributed by atoms with Gasteiger partial charge in [-0.25, -0.2) is 4.98 Å². The van der Waals surface area contributed by atoms with Crippen molar-refractivity contribution in [2.45, 2.75) is 25.6 Å². The number of oxazole rings is 1. The SMILES string of the molecule is CC1(C)c2ccccc2-c2c(-c3cccc4c3OB(c3ccccc3)C4)cc(N(c3ccc(-c4ccccc4)cc3)c3cccc(-c4nc5ccccc5o4)c3)cc21. The van der Waals surface area contributed by atoms with Crippen LogP contribution in [0.25, 0.3) is 55.9 Å². The summed E-state index contributed by atoms with van der Waals surface area (Å²) in [6.07, 6.45) is 0.833. The molecule has 58 heavy (non-hydrogen) atoms. The van der Waals surface area contributed by atoms with Crippen LogP contribution in [-0.2, 0) is 11.7 Å². The summed E-state index contributed by atoms with van der Waals surface area (Å²) in [6.45, 7) is 4.68. The van der Waals surface area contributed by atoms with E-state index in [0.717, 1.165) is 56.9 Å². The van der Waals surface area contributed by atoms with Crippen molar-refractivity contribution in [1.82, 2.24) is 4.98 Å². The first-order chi connectivity index (χ1) is 28.5. The topological polar surface area (TPSA) is 38.5 Å². The highest BCUT2D eigenvalue weighted by Gasteiger charge is 2.39. The molecule has 9 aromatic rings. The number of rotatable bonds is 7. The predicted molar refractivity (Wildman–Crippen MR) is 239 cm³/mol. The lowest BCUT2D eigenvalue weighted by atomic mass is 9.58. The van der Waals surface area contributed by atoms with E-state index in [-0.39, 0.29) is 12.3 Å². The van der Waals surface area contributed by atoms with E-state index < -0.39 is 0 Å². The van der Waals surface area contributed by atoms with Gasteiger partial charge in [-0.2, -0.15) is 0 Å². The summed E-state index contributed by atoms with van der Waals surface area (Å²) in [7, 11) is 0. The van der Waals surface area contributed by atoms with Gasteiger partial charge in [-0.3, -0.25) is 0 Å². The molecule has 276 valence electrons. The van der Waals surface area contributed by atoms with Crippen molar-refractivity contribution in [3.8, 4) is 50.6 Å². The van der Waals surface area contributed by atoms with Crippen molar-refractivity contribution >= 4 is 40.5 Å². The van der Waals surface area contributed by atoms with E-state index in [9.17, 15) is 0 Å². The van der Waals surface area contributed by atoms with Gasteiger partial charge in [0.1, 0.15) is 11.3 Å². The van der Waals surface area contributed by atoms with E-state index in [1.807, 2.05) is 24.3 Å². The first-order valence-corrected chi connectivity index (χ1v) is 20.0. The zero-order chi connectivity index (χ0) is 38.8. The number of hydrogen-bond donors (Lipinski definition) is 0. The monoisotopic (exact) mass is 746 g/mol. The van der Waals surface area contributed by atoms with Crippen LogP contribution in [0.5, 0.6) is 5.75 Å². The molecule has 1 aliphatic heterocycles. The zero-order valence-electron chi connectivity index (χ0n) is 32.4. The zero-order valence-corrected chi connectivity index (χ0v) is 32.4. The fourth-order valence-corrected chi connectivity index (χ4v) is 9.13. The second kappa shape index (κ2) is 13.5. The fraction of sp³-hybridized carbons (Fsp3) is 0.0755. The molecule has 5 heteroatoms. The molecule has 0 saturated heterocycles. The fourth-order valence-electron chi connectivity index (χ4n) is 9.13. The molecule has 2 heterocycles. The number of hydrogen-bond acceptors (Lipinski definition) is 4. The molecule has 0 radical (unpaired) electrons. The Kier molecular flexibility index (Phi) is 7.97. The lowest BCUT2D eigenvalue weighted by Gasteiger charge is -2.30. The van der Waals surface area contributed by atoms with Crippen LogP contribution in [-0.4, -0.2) is 11.9 Å². The maximum absolute atomic E-state index is 6.96. The summed E-state index contributed by atoms with van der Waals surface area (Å²) in [5.74, 6) is 1.56. The molecule has 1 aliphatic carbocycles. The minimum atomic E-state index is -0.245. The van der Waals surface area contributed by atoms with Gasteiger partial charge in [-0.05, 0) is 111 Å². The van der Waals surface area contributed by atoms with Gasteiger partial charge in [0.15, 0.2) is 5.58 Å². The Morgan fingerprint density at radius 3 is 2.05 bits per heavy atom. The number of para-hydroxylation sites is 3. The minimum absolute atomic E-state index is 0.0356. The lowest BCUT2D eigenvalue weighted by molar-refractivity contribution is 0.603. The van der Waals surface area contributed by atoms with Crippen LogP contribution >= 0.6 is 0 Å². The quantitative estimate of drug-likeness (QED) is 0.152. The Balaban J connectivity index is 1.13. The highest BCUT2D eigenvalue weighted by molar-refractivity contribution is 6.68. The minimum Gasteiger partial charge on any atom is -0.555 e. The Labute approximate surface area is 339 Å². The summed E-state index contributed by atoms with van der Waals surface area (Å²) in [4.78, 5) is 7.25. The third kappa shape index (κ3) is 5.65. The summed E-state index contributed by atoms with van der Waals surface area (Å²) in [5, 5.41) is 0. The molecule has 0 amide bonds. The van der Waals surface area contributed by atoms with Gasteiger partial charge < -0.3 is 14.0 Å². The summed E-state index contributed by atoms with van der Waals surface area (Å²) in [5.41, 5.74) is 17.6. The van der Waals surface area contributed by atoms with E-state index in [2.05, 4.69) is 183 Å². The van der Waals surface area contributed by atoms with E-state index in [0.29, 0.717) is 5.89 Å². The standard InChI is InChI=1S/C53H39BN2O2/c1-53(2)46-24-10-9-22-44(46)50-45(43-23-14-18-38-34-54(58-51(38)43)39-19-7-4-8-20-39)32-42(33-47(50)53)56(40-29-27-36(28-30-40)35-15-5-3-6-16-35)41-21-13-17-37(31-41)52-55-48-25-11-12-26-49(48)57-52/h3-33H,34H2,1-2H3. The van der Waals surface area contributed by atoms with Crippen molar-refractivity contribution in [2.75, 3.05) is 4.90 Å². The Morgan fingerprint density at radius 1 is 0.534 bits per heavy atom. The average molecular weight is 747 g/mol. The van der Waals surface area contributed by atoms with Gasteiger partial charge in [0.2, 0.25) is 5.89 Å². The Morgan fingerprint density at radius 2 is 1.22 bits per heavy atom. The second-order valence-corrected chi connectivity index (χ2v) is 15.9. The summed E-state index contributed by atoms with van der Waals surface area (Å²) < 4.78 is 13.3. The molecule has 8 aromatic carbocycles. The number of anilines is 3. The first kappa shape index (κ1) is 34.2. The molecule has 0 saturated carbocycles. The van der Waals surface area contributed by atoms with Gasteiger partial charge in [0.05, 0.1) is 0 Å². The van der Waals surface area contributed by atoms with Crippen LogP contribution in [0.15, 0.2) is 192 Å². The largest absolute Gasteiger partial charge is 0.555 e. The van der Waals surface area contributed by atoms with Gasteiger partial charge in [-0.1, -0.05) is 147 Å². The number of benzene rings is 8. The smallest absolute Gasteiger partial charge is 0.396 e. The van der Waals surface area contributed by atoms with Crippen LogP contribution < -0.4 is 15.0 Å². The van der Waals surface area contributed by atoms with Gasteiger partial charge in [0.25, 0.3) is 0 Å². The van der Waals surface area contributed by atoms with Crippen molar-refractivity contribution in [3.05, 3.63) is 205 Å². The number of fused-ring (bicyclic) bond motifs is 5. The maximum Gasteiger partial charge on any atom is 0.396 e. The number of nitrogens with zero attached hydrogens (tertiary/aromatic N) is 2. The molecule has 0 unspecified atom stereocenters. The Bertz CT molecular complexity index is 2960. The van der Waals surface area contributed by atoms with Crippen LogP contribution in [0.2, 0.25) is 0 Å². The molecule has 1 aromatic heterocycles. The van der Waals surface area contributed by atoms with E-state index >= 15 is 0 Å². The molecule has 0 spiro atoms. The van der Waals surface area contributed by atoms with Gasteiger partial charge in [-0.15, -0.1) is 0 Å². The lowest BCUT2D eigenvalue weighted by Crippen LogP contribution is -2.35. The van der Waals surface area contributed by atoms with Gasteiger partial charge >= 0.3 is 6.92 Å². The Hall–Kier alpha value is -7.11. The molecular weight excluding hydrogens is 707 g/mol. The first-order valence-electron chi connectivity index (χ1n) is 20.0. The summed E-state index contributed by atoms with van der Waals surface area (Å²) in [6, 6.07) is 66.9. The van der Waals surface area contributed by atoms with Crippen molar-refractivity contribution in [2.24, 2.45) is 0 Å². The molecule has 11 rings (SSSR count).